The van der Waals surface area contributed by atoms with E-state index < -0.39 is 30.3 Å². The molecule has 1 saturated heterocycles. The van der Waals surface area contributed by atoms with Crippen LogP contribution < -0.4 is 26.6 Å². The molecule has 4 rings (SSSR count). The minimum absolute atomic E-state index is 0.0583. The molecular weight excluding hydrogens is 506 g/mol. The van der Waals surface area contributed by atoms with Crippen molar-refractivity contribution in [2.45, 2.75) is 31.7 Å². The zero-order valence-electron chi connectivity index (χ0n) is 21.2. The standard InChI is InChI=1S/C26H31N7O6/c1-2-39-25(37)19(31-23(35)20-21(34)16-5-3-4-6-17(16)30-20)13-29-26(38)32-18-11-12-33(24(18)36)15-9-7-14(8-10-15)22(27)28/h3-10,18-19,23,30-31,34-35H,2,11-13H2,1H3,(H3,27,28)(H2,29,32,38). The number of esters is 1. The molecule has 0 bridgehead atoms. The molecular formula is C26H31N7O6. The SMILES string of the molecule is CCOC(=O)C(CNC(=O)NC1CCN(c2ccc(C(=N)N)cc2)C1=O)NC(O)c1[nH]c2ccccc2c1O. The number of rotatable bonds is 10. The van der Waals surface area contributed by atoms with Gasteiger partial charge in [0.05, 0.1) is 6.61 Å². The molecule has 1 fully saturated rings. The third kappa shape index (κ3) is 6.10. The van der Waals surface area contributed by atoms with Gasteiger partial charge in [-0.3, -0.25) is 20.3 Å². The maximum Gasteiger partial charge on any atom is 0.325 e. The number of carbonyl (C=O) groups is 3. The number of nitrogens with two attached hydrogens (primary N) is 1. The van der Waals surface area contributed by atoms with Gasteiger partial charge in [-0.05, 0) is 49.7 Å². The van der Waals surface area contributed by atoms with Crippen molar-refractivity contribution in [3.05, 3.63) is 59.8 Å². The van der Waals surface area contributed by atoms with E-state index in [9.17, 15) is 24.6 Å². The van der Waals surface area contributed by atoms with Gasteiger partial charge in [0.1, 0.15) is 35.6 Å². The van der Waals surface area contributed by atoms with Crippen LogP contribution in [-0.2, 0) is 14.3 Å². The third-order valence-corrected chi connectivity index (χ3v) is 6.38. The summed E-state index contributed by atoms with van der Waals surface area (Å²) in [5.74, 6) is -1.26. The van der Waals surface area contributed by atoms with Crippen molar-refractivity contribution in [2.75, 3.05) is 24.6 Å². The molecule has 1 aromatic heterocycles. The number of amides is 3. The Labute approximate surface area is 223 Å². The van der Waals surface area contributed by atoms with Crippen molar-refractivity contribution in [3.8, 4) is 5.75 Å². The van der Waals surface area contributed by atoms with E-state index in [1.54, 1.807) is 55.5 Å². The smallest absolute Gasteiger partial charge is 0.325 e. The number of fused-ring (bicyclic) bond motifs is 1. The van der Waals surface area contributed by atoms with Crippen LogP contribution in [0, 0.1) is 5.41 Å². The Bertz CT molecular complexity index is 1370. The lowest BCUT2D eigenvalue weighted by molar-refractivity contribution is -0.146. The second-order valence-electron chi connectivity index (χ2n) is 8.95. The molecule has 1 aliphatic rings. The first-order valence-electron chi connectivity index (χ1n) is 12.4. The molecule has 206 valence electrons. The summed E-state index contributed by atoms with van der Waals surface area (Å²) in [7, 11) is 0. The molecule has 3 unspecified atom stereocenters. The van der Waals surface area contributed by atoms with Crippen LogP contribution in [0.4, 0.5) is 10.5 Å². The van der Waals surface area contributed by atoms with E-state index in [1.165, 1.54) is 4.90 Å². The highest BCUT2D eigenvalue weighted by Gasteiger charge is 2.34. The number of aliphatic hydroxyl groups excluding tert-OH is 1. The molecule has 39 heavy (non-hydrogen) atoms. The van der Waals surface area contributed by atoms with Crippen molar-refractivity contribution in [1.82, 2.24) is 20.9 Å². The topological polar surface area (TPSA) is 206 Å². The fraction of sp³-hybridized carbons (Fsp3) is 0.308. The number of hydrogen-bond acceptors (Lipinski definition) is 8. The lowest BCUT2D eigenvalue weighted by Crippen LogP contribution is -2.52. The van der Waals surface area contributed by atoms with Crippen molar-refractivity contribution in [1.29, 1.82) is 5.41 Å². The number of H-pyrrole nitrogens is 1. The highest BCUT2D eigenvalue weighted by molar-refractivity contribution is 6.02. The van der Waals surface area contributed by atoms with E-state index in [1.807, 2.05) is 0 Å². The lowest BCUT2D eigenvalue weighted by atomic mass is 10.2. The molecule has 3 aromatic rings. The summed E-state index contributed by atoms with van der Waals surface area (Å²) in [5.41, 5.74) is 7.29. The summed E-state index contributed by atoms with van der Waals surface area (Å²) in [6.45, 7) is 1.83. The Morgan fingerprint density at radius 1 is 1.23 bits per heavy atom. The fourth-order valence-corrected chi connectivity index (χ4v) is 4.37. The van der Waals surface area contributed by atoms with Crippen molar-refractivity contribution < 1.29 is 29.3 Å². The summed E-state index contributed by atoms with van der Waals surface area (Å²) >= 11 is 0. The van der Waals surface area contributed by atoms with Crippen LogP contribution in [0.2, 0.25) is 0 Å². The Hall–Kier alpha value is -4.62. The van der Waals surface area contributed by atoms with Gasteiger partial charge in [-0.1, -0.05) is 12.1 Å². The Kier molecular flexibility index (Phi) is 8.32. The van der Waals surface area contributed by atoms with Gasteiger partial charge in [0.2, 0.25) is 5.91 Å². The van der Waals surface area contributed by atoms with Crippen LogP contribution in [0.3, 0.4) is 0 Å². The first-order chi connectivity index (χ1) is 18.7. The fourth-order valence-electron chi connectivity index (χ4n) is 4.37. The number of para-hydroxylation sites is 1. The number of anilines is 1. The normalized spacial score (nSPS) is 16.6. The summed E-state index contributed by atoms with van der Waals surface area (Å²) in [5, 5.41) is 37.0. The predicted molar refractivity (Wildman–Crippen MR) is 143 cm³/mol. The van der Waals surface area contributed by atoms with Crippen LogP contribution in [0.5, 0.6) is 5.75 Å². The molecule has 0 aliphatic carbocycles. The van der Waals surface area contributed by atoms with Gasteiger partial charge in [-0.15, -0.1) is 0 Å². The average Bonchev–Trinajstić information content (AvgIpc) is 3.46. The van der Waals surface area contributed by atoms with Gasteiger partial charge >= 0.3 is 12.0 Å². The zero-order valence-corrected chi connectivity index (χ0v) is 21.2. The van der Waals surface area contributed by atoms with Crippen LogP contribution in [0.1, 0.15) is 30.8 Å². The number of aromatic nitrogens is 1. The first-order valence-corrected chi connectivity index (χ1v) is 12.4. The van der Waals surface area contributed by atoms with Crippen LogP contribution in [0.15, 0.2) is 48.5 Å². The molecule has 1 aliphatic heterocycles. The second-order valence-corrected chi connectivity index (χ2v) is 8.95. The van der Waals surface area contributed by atoms with E-state index in [0.717, 1.165) is 0 Å². The molecule has 0 spiro atoms. The third-order valence-electron chi connectivity index (χ3n) is 6.38. The summed E-state index contributed by atoms with van der Waals surface area (Å²) in [6.07, 6.45) is -1.10. The largest absolute Gasteiger partial charge is 0.505 e. The second kappa shape index (κ2) is 11.8. The number of benzene rings is 2. The number of nitrogen functional groups attached to an aromatic ring is 1. The van der Waals surface area contributed by atoms with Gasteiger partial charge in [0, 0.05) is 35.2 Å². The van der Waals surface area contributed by atoms with E-state index in [2.05, 4.69) is 20.9 Å². The number of nitrogens with zero attached hydrogens (tertiary/aromatic N) is 1. The summed E-state index contributed by atoms with van der Waals surface area (Å²) < 4.78 is 5.06. The predicted octanol–water partition coefficient (Wildman–Crippen LogP) is 0.774. The number of nitrogens with one attached hydrogen (secondary N) is 5. The molecule has 2 aromatic carbocycles. The van der Waals surface area contributed by atoms with Gasteiger partial charge < -0.3 is 41.2 Å². The van der Waals surface area contributed by atoms with Crippen molar-refractivity contribution >= 4 is 40.3 Å². The minimum Gasteiger partial charge on any atom is -0.505 e. The first kappa shape index (κ1) is 27.4. The van der Waals surface area contributed by atoms with Crippen LogP contribution >= 0.6 is 0 Å². The highest BCUT2D eigenvalue weighted by Crippen LogP contribution is 2.31. The Morgan fingerprint density at radius 2 is 1.95 bits per heavy atom. The number of aliphatic hydroxyl groups is 1. The van der Waals surface area contributed by atoms with E-state index >= 15 is 0 Å². The monoisotopic (exact) mass is 537 g/mol. The quantitative estimate of drug-likeness (QED) is 0.0800. The summed E-state index contributed by atoms with van der Waals surface area (Å²) in [4.78, 5) is 42.4. The zero-order chi connectivity index (χ0) is 28.1. The van der Waals surface area contributed by atoms with Crippen molar-refractivity contribution in [2.24, 2.45) is 5.73 Å². The van der Waals surface area contributed by atoms with Crippen molar-refractivity contribution in [3.63, 3.8) is 0 Å². The maximum atomic E-state index is 12.9. The molecule has 13 heteroatoms. The number of urea groups is 1. The number of aromatic amines is 1. The molecule has 2 heterocycles. The Balaban J connectivity index is 1.35. The molecule has 13 nitrogen and oxygen atoms in total. The number of aromatic hydroxyl groups is 1. The maximum absolute atomic E-state index is 12.9. The van der Waals surface area contributed by atoms with Gasteiger partial charge in [-0.2, -0.15) is 0 Å². The van der Waals surface area contributed by atoms with E-state index in [-0.39, 0.29) is 36.3 Å². The molecule has 0 radical (unpaired) electrons. The van der Waals surface area contributed by atoms with E-state index in [4.69, 9.17) is 15.9 Å². The van der Waals surface area contributed by atoms with Gasteiger partial charge in [-0.25, -0.2) is 4.79 Å². The minimum atomic E-state index is -1.48. The summed E-state index contributed by atoms with van der Waals surface area (Å²) in [6, 6.07) is 11.0. The molecule has 0 saturated carbocycles. The average molecular weight is 538 g/mol. The van der Waals surface area contributed by atoms with Gasteiger partial charge in [0.15, 0.2) is 0 Å². The lowest BCUT2D eigenvalue weighted by Gasteiger charge is -2.22. The number of amidine groups is 1. The highest BCUT2D eigenvalue weighted by atomic mass is 16.5. The molecule has 9 N–H and O–H groups in total. The number of ether oxygens (including phenoxy) is 1. The van der Waals surface area contributed by atoms with Gasteiger partial charge in [0.25, 0.3) is 0 Å². The molecule has 3 atom stereocenters. The van der Waals surface area contributed by atoms with Crippen LogP contribution in [-0.4, -0.2) is 70.7 Å². The Morgan fingerprint density at radius 3 is 2.62 bits per heavy atom. The number of carbonyl (C=O) groups excluding carboxylic acids is 3. The van der Waals surface area contributed by atoms with Crippen LogP contribution in [0.25, 0.3) is 10.9 Å². The van der Waals surface area contributed by atoms with E-state index in [0.29, 0.717) is 35.1 Å². The molecule has 3 amide bonds. The number of hydrogen-bond donors (Lipinski definition) is 8.